The topological polar surface area (TPSA) is 99.9 Å². The molecule has 0 aliphatic heterocycles. The summed E-state index contributed by atoms with van der Waals surface area (Å²) in [6.07, 6.45) is 1.65. The lowest BCUT2D eigenvalue weighted by atomic mass is 10.2. The van der Waals surface area contributed by atoms with Gasteiger partial charge in [-0.05, 0) is 34.1 Å². The summed E-state index contributed by atoms with van der Waals surface area (Å²) in [5.41, 5.74) is 1.53. The highest BCUT2D eigenvalue weighted by atomic mass is 79.9. The summed E-state index contributed by atoms with van der Waals surface area (Å²) in [7, 11) is 0. The molecule has 0 radical (unpaired) electrons. The van der Waals surface area contributed by atoms with Crippen molar-refractivity contribution in [3.8, 4) is 11.6 Å². The molecule has 0 unspecified atom stereocenters. The zero-order valence-electron chi connectivity index (χ0n) is 14.2. The lowest BCUT2D eigenvalue weighted by Crippen LogP contribution is -2.09. The Balaban J connectivity index is 1.55. The van der Waals surface area contributed by atoms with E-state index in [1.165, 1.54) is 0 Å². The smallest absolute Gasteiger partial charge is 0.302 e. The number of nitrogens with zero attached hydrogens (tertiary/aromatic N) is 3. The number of nitrogens with one attached hydrogen (secondary N) is 1. The molecule has 7 nitrogen and oxygen atoms in total. The number of carbonyl (C=O) groups excluding carboxylic acids is 1. The summed E-state index contributed by atoms with van der Waals surface area (Å²) >= 11 is 6.91. The monoisotopic (exact) mass is 502 g/mol. The van der Waals surface area contributed by atoms with Crippen molar-refractivity contribution in [1.82, 2.24) is 9.97 Å². The number of rotatable bonds is 4. The second kappa shape index (κ2) is 7.69. The fourth-order valence-electron chi connectivity index (χ4n) is 2.77. The fraction of sp³-hybridized carbons (Fsp3) is 0.0526. The molecule has 2 aromatic heterocycles. The minimum Gasteiger partial charge on any atom is -0.493 e. The first-order chi connectivity index (χ1) is 13.5. The summed E-state index contributed by atoms with van der Waals surface area (Å²) in [4.78, 5) is 19.3. The van der Waals surface area contributed by atoms with Gasteiger partial charge in [0.05, 0.1) is 9.99 Å². The van der Waals surface area contributed by atoms with Gasteiger partial charge in [-0.15, -0.1) is 10.2 Å². The number of H-pyrrole nitrogens is 1. The number of aromatic amines is 1. The molecule has 0 saturated carbocycles. The van der Waals surface area contributed by atoms with E-state index in [0.29, 0.717) is 26.6 Å². The molecule has 0 atom stereocenters. The van der Waals surface area contributed by atoms with Crippen LogP contribution in [0.15, 0.2) is 67.8 Å². The maximum absolute atomic E-state index is 12.2. The summed E-state index contributed by atoms with van der Waals surface area (Å²) in [6, 6.07) is 12.7. The second-order valence-corrected chi connectivity index (χ2v) is 7.53. The van der Waals surface area contributed by atoms with Crippen LogP contribution in [-0.4, -0.2) is 27.6 Å². The number of ether oxygens (including phenoxy) is 1. The molecule has 2 aromatic carbocycles. The Labute approximate surface area is 175 Å². The van der Waals surface area contributed by atoms with Crippen molar-refractivity contribution in [2.24, 2.45) is 10.2 Å². The Kier molecular flexibility index (Phi) is 5.10. The Morgan fingerprint density at radius 3 is 2.79 bits per heavy atom. The van der Waals surface area contributed by atoms with Crippen molar-refractivity contribution >= 4 is 65.3 Å². The average molecular weight is 504 g/mol. The summed E-state index contributed by atoms with van der Waals surface area (Å²) in [5, 5.41) is 19.0. The zero-order chi connectivity index (χ0) is 19.7. The van der Waals surface area contributed by atoms with Crippen LogP contribution in [0.3, 0.4) is 0 Å². The molecule has 2 N–H and O–H groups in total. The summed E-state index contributed by atoms with van der Waals surface area (Å²) in [6.45, 7) is -0.321. The number of aromatic hydroxyl groups is 1. The molecule has 0 aliphatic rings. The van der Waals surface area contributed by atoms with Crippen LogP contribution in [-0.2, 0) is 4.79 Å². The Bertz CT molecular complexity index is 1240. The number of hydrogen-bond donors (Lipinski definition) is 2. The molecule has 4 aromatic rings. The maximum Gasteiger partial charge on any atom is 0.302 e. The van der Waals surface area contributed by atoms with Crippen molar-refractivity contribution in [2.75, 3.05) is 6.61 Å². The van der Waals surface area contributed by atoms with Crippen molar-refractivity contribution in [2.45, 2.75) is 0 Å². The Morgan fingerprint density at radius 1 is 1.14 bits per heavy atom. The average Bonchev–Trinajstić information content (AvgIpc) is 3.01. The van der Waals surface area contributed by atoms with E-state index in [4.69, 9.17) is 4.74 Å². The van der Waals surface area contributed by atoms with Crippen molar-refractivity contribution in [3.05, 3.63) is 57.6 Å². The number of benzene rings is 2. The highest BCUT2D eigenvalue weighted by molar-refractivity contribution is 9.11. The number of azo groups is 1. The normalized spacial score (nSPS) is 11.5. The van der Waals surface area contributed by atoms with Crippen molar-refractivity contribution in [1.29, 1.82) is 0 Å². The van der Waals surface area contributed by atoms with Gasteiger partial charge in [0, 0.05) is 21.4 Å². The molecule has 1 amide bonds. The van der Waals surface area contributed by atoms with E-state index in [9.17, 15) is 9.90 Å². The highest BCUT2D eigenvalue weighted by Gasteiger charge is 2.14. The summed E-state index contributed by atoms with van der Waals surface area (Å²) in [5.74, 6) is -0.301. The van der Waals surface area contributed by atoms with Crippen LogP contribution in [0.1, 0.15) is 0 Å². The van der Waals surface area contributed by atoms with E-state index >= 15 is 0 Å². The molecule has 28 heavy (non-hydrogen) atoms. The van der Waals surface area contributed by atoms with Crippen LogP contribution in [0, 0.1) is 0 Å². The van der Waals surface area contributed by atoms with Crippen LogP contribution in [0.25, 0.3) is 21.8 Å². The number of pyridine rings is 1. The Hall–Kier alpha value is -2.78. The van der Waals surface area contributed by atoms with Crippen LogP contribution in [0.5, 0.6) is 11.6 Å². The van der Waals surface area contributed by atoms with E-state index in [1.807, 2.05) is 30.3 Å². The standard InChI is InChI=1S/C19H12Br2N4O3/c20-12-8-13(21)18(16-10(12)5-3-7-22-16)28-9-15(26)24-25-17-11-4-1-2-6-14(11)23-19(17)27/h1-8,23,27H,9H2. The van der Waals surface area contributed by atoms with Gasteiger partial charge in [0.2, 0.25) is 5.88 Å². The molecule has 4 rings (SSSR count). The van der Waals surface area contributed by atoms with Crippen molar-refractivity contribution < 1.29 is 14.6 Å². The van der Waals surface area contributed by atoms with E-state index in [-0.39, 0.29) is 18.2 Å². The predicted molar refractivity (Wildman–Crippen MR) is 112 cm³/mol. The zero-order valence-corrected chi connectivity index (χ0v) is 17.4. The number of carbonyl (C=O) groups is 1. The van der Waals surface area contributed by atoms with Gasteiger partial charge in [-0.1, -0.05) is 40.2 Å². The lowest BCUT2D eigenvalue weighted by molar-refractivity contribution is -0.120. The molecule has 140 valence electrons. The third kappa shape index (κ3) is 3.50. The first-order valence-corrected chi connectivity index (χ1v) is 9.73. The number of para-hydroxylation sites is 1. The van der Waals surface area contributed by atoms with E-state index in [1.54, 1.807) is 18.3 Å². The van der Waals surface area contributed by atoms with Gasteiger partial charge >= 0.3 is 5.91 Å². The lowest BCUT2D eigenvalue weighted by Gasteiger charge is -2.10. The SMILES string of the molecule is O=C(COc1c(Br)cc(Br)c2cccnc12)N=Nc1c(O)[nH]c2ccccc12. The van der Waals surface area contributed by atoms with Gasteiger partial charge in [-0.2, -0.15) is 0 Å². The predicted octanol–water partition coefficient (Wildman–Crippen LogP) is 5.64. The van der Waals surface area contributed by atoms with Crippen LogP contribution in [0.4, 0.5) is 5.69 Å². The molecular weight excluding hydrogens is 492 g/mol. The Morgan fingerprint density at radius 2 is 1.93 bits per heavy atom. The molecule has 0 spiro atoms. The van der Waals surface area contributed by atoms with Gasteiger partial charge in [0.15, 0.2) is 18.0 Å². The molecule has 0 aliphatic carbocycles. The van der Waals surface area contributed by atoms with Gasteiger partial charge < -0.3 is 14.8 Å². The number of fused-ring (bicyclic) bond motifs is 2. The van der Waals surface area contributed by atoms with Crippen LogP contribution >= 0.6 is 31.9 Å². The van der Waals surface area contributed by atoms with Gasteiger partial charge in [0.1, 0.15) is 5.52 Å². The highest BCUT2D eigenvalue weighted by Crippen LogP contribution is 2.37. The van der Waals surface area contributed by atoms with Crippen LogP contribution < -0.4 is 4.74 Å². The van der Waals surface area contributed by atoms with Gasteiger partial charge in [0.25, 0.3) is 0 Å². The third-order valence-electron chi connectivity index (χ3n) is 4.01. The van der Waals surface area contributed by atoms with E-state index in [2.05, 4.69) is 52.1 Å². The quantitative estimate of drug-likeness (QED) is 0.352. The van der Waals surface area contributed by atoms with Gasteiger partial charge in [-0.25, -0.2) is 0 Å². The molecule has 9 heteroatoms. The number of halogens is 2. The molecule has 0 fully saturated rings. The number of hydrogen-bond acceptors (Lipinski definition) is 5. The largest absolute Gasteiger partial charge is 0.493 e. The van der Waals surface area contributed by atoms with Crippen molar-refractivity contribution in [3.63, 3.8) is 0 Å². The molecule has 0 saturated heterocycles. The number of amides is 1. The second-order valence-electron chi connectivity index (χ2n) is 5.82. The van der Waals surface area contributed by atoms with E-state index in [0.717, 1.165) is 9.86 Å². The third-order valence-corrected chi connectivity index (χ3v) is 5.26. The first kappa shape index (κ1) is 18.6. The van der Waals surface area contributed by atoms with Gasteiger partial charge in [-0.3, -0.25) is 9.78 Å². The minimum atomic E-state index is -0.594. The maximum atomic E-state index is 12.2. The fourth-order valence-corrected chi connectivity index (χ4v) is 4.15. The number of aromatic nitrogens is 2. The molecule has 2 heterocycles. The molecular formula is C19H12Br2N4O3. The molecule has 0 bridgehead atoms. The summed E-state index contributed by atoms with van der Waals surface area (Å²) < 4.78 is 7.16. The first-order valence-electron chi connectivity index (χ1n) is 8.14. The minimum absolute atomic E-state index is 0.149. The van der Waals surface area contributed by atoms with E-state index < -0.39 is 5.91 Å². The van der Waals surface area contributed by atoms with Crippen LogP contribution in [0.2, 0.25) is 0 Å².